The van der Waals surface area contributed by atoms with Gasteiger partial charge in [-0.15, -0.1) is 0 Å². The average molecular weight is 442 g/mol. The molecule has 3 nitrogen and oxygen atoms in total. The van der Waals surface area contributed by atoms with Gasteiger partial charge in [0.15, 0.2) is 11.5 Å². The third-order valence-electron chi connectivity index (χ3n) is 5.94. The minimum absolute atomic E-state index is 0.438. The maximum Gasteiger partial charge on any atom is 0.161 e. The summed E-state index contributed by atoms with van der Waals surface area (Å²) in [5, 5.41) is 14.4. The lowest BCUT2D eigenvalue weighted by Gasteiger charge is -2.13. The van der Waals surface area contributed by atoms with Crippen LogP contribution in [0.1, 0.15) is 16.7 Å². The Morgan fingerprint density at radius 2 is 1.53 bits per heavy atom. The molecule has 0 aliphatic rings. The van der Waals surface area contributed by atoms with Crippen molar-refractivity contribution in [2.75, 3.05) is 7.11 Å². The first-order valence-electron chi connectivity index (χ1n) is 11.1. The Morgan fingerprint density at radius 1 is 0.765 bits per heavy atom. The van der Waals surface area contributed by atoms with Crippen LogP contribution in [0.2, 0.25) is 0 Å². The Kier molecular flexibility index (Phi) is 5.97. The molecular weight excluding hydrogens is 418 g/mol. The molecule has 164 valence electrons. The molecule has 0 unspecified atom stereocenters. The molecule has 0 heterocycles. The number of fused-ring (bicyclic) bond motifs is 2. The fourth-order valence-electron chi connectivity index (χ4n) is 4.17. The molecule has 5 aromatic rings. The zero-order chi connectivity index (χ0) is 23.3. The summed E-state index contributed by atoms with van der Waals surface area (Å²) < 4.78 is 11.7. The van der Waals surface area contributed by atoms with Crippen LogP contribution in [0.4, 0.5) is 0 Å². The molecule has 0 fully saturated rings. The quantitative estimate of drug-likeness (QED) is 0.201. The van der Waals surface area contributed by atoms with Crippen LogP contribution in [0.5, 0.6) is 11.5 Å². The van der Waals surface area contributed by atoms with Crippen molar-refractivity contribution in [3.05, 3.63) is 120 Å². The van der Waals surface area contributed by atoms with E-state index < -0.39 is 0 Å². The van der Waals surface area contributed by atoms with Crippen LogP contribution in [0, 0.1) is 11.3 Å². The van der Waals surface area contributed by atoms with Gasteiger partial charge in [-0.2, -0.15) is 5.26 Å². The highest BCUT2D eigenvalue weighted by Gasteiger charge is 2.09. The number of allylic oxidation sites excluding steroid dienone is 1. The van der Waals surface area contributed by atoms with Crippen LogP contribution in [0.3, 0.4) is 0 Å². The molecule has 0 amide bonds. The normalized spacial score (nSPS) is 11.4. The fraction of sp³-hybridized carbons (Fsp3) is 0.0645. The van der Waals surface area contributed by atoms with Gasteiger partial charge in [-0.05, 0) is 62.5 Å². The van der Waals surface area contributed by atoms with Gasteiger partial charge in [0.25, 0.3) is 0 Å². The average Bonchev–Trinajstić information content (AvgIpc) is 2.90. The van der Waals surface area contributed by atoms with Gasteiger partial charge in [-0.25, -0.2) is 0 Å². The first-order valence-corrected chi connectivity index (χ1v) is 11.1. The molecule has 0 aliphatic heterocycles. The monoisotopic (exact) mass is 441 g/mol. The van der Waals surface area contributed by atoms with Crippen molar-refractivity contribution in [1.82, 2.24) is 0 Å². The van der Waals surface area contributed by atoms with Gasteiger partial charge in [0.1, 0.15) is 6.61 Å². The van der Waals surface area contributed by atoms with Crippen LogP contribution in [0.15, 0.2) is 103 Å². The van der Waals surface area contributed by atoms with Crippen LogP contribution < -0.4 is 9.47 Å². The first-order chi connectivity index (χ1) is 16.7. The summed E-state index contributed by atoms with van der Waals surface area (Å²) in [6.45, 7) is 0.438. The lowest BCUT2D eigenvalue weighted by atomic mass is 10.00. The van der Waals surface area contributed by atoms with Gasteiger partial charge in [0.2, 0.25) is 0 Å². The molecule has 0 aliphatic carbocycles. The van der Waals surface area contributed by atoms with E-state index in [1.165, 1.54) is 10.8 Å². The molecule has 3 heteroatoms. The maximum atomic E-state index is 9.82. The Labute approximate surface area is 199 Å². The lowest BCUT2D eigenvalue weighted by molar-refractivity contribution is 0.285. The zero-order valence-electron chi connectivity index (χ0n) is 18.9. The SMILES string of the molecule is COc1cc(C=C(C#N)c2ccc3ccccc3c2)ccc1OCc1cccc2ccccc12. The number of benzene rings is 5. The van der Waals surface area contributed by atoms with E-state index in [2.05, 4.69) is 42.5 Å². The van der Waals surface area contributed by atoms with Crippen molar-refractivity contribution in [3.8, 4) is 17.6 Å². The van der Waals surface area contributed by atoms with Crippen LogP contribution in [-0.2, 0) is 6.61 Å². The number of nitrogens with zero attached hydrogens (tertiary/aromatic N) is 1. The van der Waals surface area contributed by atoms with E-state index in [0.29, 0.717) is 23.7 Å². The minimum Gasteiger partial charge on any atom is -0.493 e. The topological polar surface area (TPSA) is 42.2 Å². The largest absolute Gasteiger partial charge is 0.493 e. The molecule has 0 atom stereocenters. The number of methoxy groups -OCH3 is 1. The van der Waals surface area contributed by atoms with Crippen molar-refractivity contribution >= 4 is 33.2 Å². The van der Waals surface area contributed by atoms with Gasteiger partial charge < -0.3 is 9.47 Å². The van der Waals surface area contributed by atoms with E-state index in [4.69, 9.17) is 9.47 Å². The Bertz CT molecular complexity index is 1550. The maximum absolute atomic E-state index is 9.82. The van der Waals surface area contributed by atoms with E-state index in [1.54, 1.807) is 7.11 Å². The minimum atomic E-state index is 0.438. The number of rotatable bonds is 6. The predicted molar refractivity (Wildman–Crippen MR) is 139 cm³/mol. The summed E-state index contributed by atoms with van der Waals surface area (Å²) in [7, 11) is 1.63. The molecule has 0 radical (unpaired) electrons. The summed E-state index contributed by atoms with van der Waals surface area (Å²) >= 11 is 0. The second-order valence-electron chi connectivity index (χ2n) is 8.07. The zero-order valence-corrected chi connectivity index (χ0v) is 18.9. The Hall–Kier alpha value is -4.55. The van der Waals surface area contributed by atoms with Crippen molar-refractivity contribution in [3.63, 3.8) is 0 Å². The third kappa shape index (κ3) is 4.35. The molecule has 5 aromatic carbocycles. The van der Waals surface area contributed by atoms with Gasteiger partial charge in [-0.3, -0.25) is 0 Å². The second kappa shape index (κ2) is 9.52. The number of hydrogen-bond acceptors (Lipinski definition) is 3. The van der Waals surface area contributed by atoms with Crippen molar-refractivity contribution in [2.24, 2.45) is 0 Å². The van der Waals surface area contributed by atoms with Crippen molar-refractivity contribution in [1.29, 1.82) is 5.26 Å². The van der Waals surface area contributed by atoms with Gasteiger partial charge in [0.05, 0.1) is 18.8 Å². The second-order valence-corrected chi connectivity index (χ2v) is 8.07. The van der Waals surface area contributed by atoms with Crippen LogP contribution >= 0.6 is 0 Å². The van der Waals surface area contributed by atoms with Gasteiger partial charge in [-0.1, -0.05) is 84.9 Å². The Balaban J connectivity index is 1.41. The number of hydrogen-bond donors (Lipinski definition) is 0. The molecule has 0 aromatic heterocycles. The first kappa shape index (κ1) is 21.3. The summed E-state index contributed by atoms with van der Waals surface area (Å²) in [5.74, 6) is 1.29. The smallest absolute Gasteiger partial charge is 0.161 e. The fourth-order valence-corrected chi connectivity index (χ4v) is 4.17. The van der Waals surface area contributed by atoms with E-state index in [9.17, 15) is 5.26 Å². The van der Waals surface area contributed by atoms with E-state index in [0.717, 1.165) is 27.5 Å². The molecule has 0 saturated heterocycles. The molecule has 0 saturated carbocycles. The number of ether oxygens (including phenoxy) is 2. The highest BCUT2D eigenvalue weighted by atomic mass is 16.5. The van der Waals surface area contributed by atoms with Crippen LogP contribution in [-0.4, -0.2) is 7.11 Å². The highest BCUT2D eigenvalue weighted by molar-refractivity contribution is 5.94. The standard InChI is InChI=1S/C31H23NO2/c1-33-31-18-22(17-28(20-32)26-15-14-23-7-2-3-9-25(23)19-26)13-16-30(31)34-21-27-11-6-10-24-8-4-5-12-29(24)27/h2-19H,21H2,1H3. The summed E-state index contributed by atoms with van der Waals surface area (Å²) in [6, 6.07) is 36.8. The molecule has 0 bridgehead atoms. The predicted octanol–water partition coefficient (Wildman–Crippen LogP) is 7.64. The third-order valence-corrected chi connectivity index (χ3v) is 5.94. The summed E-state index contributed by atoms with van der Waals surface area (Å²) in [6.07, 6.45) is 1.88. The van der Waals surface area contributed by atoms with E-state index >= 15 is 0 Å². The van der Waals surface area contributed by atoms with Crippen molar-refractivity contribution < 1.29 is 9.47 Å². The van der Waals surface area contributed by atoms with E-state index in [-0.39, 0.29) is 0 Å². The molecule has 5 rings (SSSR count). The highest BCUT2D eigenvalue weighted by Crippen LogP contribution is 2.31. The molecule has 34 heavy (non-hydrogen) atoms. The van der Waals surface area contributed by atoms with Crippen LogP contribution in [0.25, 0.3) is 33.2 Å². The molecule has 0 spiro atoms. The molecular formula is C31H23NO2. The van der Waals surface area contributed by atoms with E-state index in [1.807, 2.05) is 72.8 Å². The van der Waals surface area contributed by atoms with Gasteiger partial charge >= 0.3 is 0 Å². The lowest BCUT2D eigenvalue weighted by Crippen LogP contribution is -1.98. The van der Waals surface area contributed by atoms with Crippen molar-refractivity contribution in [2.45, 2.75) is 6.61 Å². The number of nitriles is 1. The Morgan fingerprint density at radius 3 is 2.35 bits per heavy atom. The molecule has 0 N–H and O–H groups in total. The summed E-state index contributed by atoms with van der Waals surface area (Å²) in [5.41, 5.74) is 3.47. The summed E-state index contributed by atoms with van der Waals surface area (Å²) in [4.78, 5) is 0. The van der Waals surface area contributed by atoms with Gasteiger partial charge in [0, 0.05) is 0 Å².